The normalized spacial score (nSPS) is 6.90. The summed E-state index contributed by atoms with van der Waals surface area (Å²) in [6.45, 7) is 18.9. The predicted molar refractivity (Wildman–Crippen MR) is 84.1 cm³/mol. The number of rotatable bonds is 2. The van der Waals surface area contributed by atoms with Crippen molar-refractivity contribution >= 4 is 0 Å². The molecular formula is C15H38O4Zr. The molecule has 20 heavy (non-hydrogen) atoms. The minimum absolute atomic E-state index is 0.167. The molecule has 0 aromatic heterocycles. The molecule has 0 aliphatic heterocycles. The molecule has 4 nitrogen and oxygen atoms in total. The van der Waals surface area contributed by atoms with Crippen LogP contribution < -0.4 is 0 Å². The van der Waals surface area contributed by atoms with Crippen LogP contribution in [0.1, 0.15) is 67.2 Å². The van der Waals surface area contributed by atoms with Crippen molar-refractivity contribution in [2.24, 2.45) is 0 Å². The van der Waals surface area contributed by atoms with Crippen LogP contribution in [0.4, 0.5) is 0 Å². The second kappa shape index (κ2) is 73.7. The average Bonchev–Trinajstić information content (AvgIpc) is 2.42. The van der Waals surface area contributed by atoms with Gasteiger partial charge in [0, 0.05) is 19.3 Å². The first-order valence-electron chi connectivity index (χ1n) is 7.08. The molecule has 0 aromatic carbocycles. The molecule has 0 heterocycles. The molecule has 3 N–H and O–H groups in total. The number of aliphatic hydroxyl groups is 3. The third-order valence-corrected chi connectivity index (χ3v) is 0.447. The predicted octanol–water partition coefficient (Wildman–Crippen LogP) is 3.50. The molecule has 0 saturated carbocycles. The van der Waals surface area contributed by atoms with E-state index in [1.54, 1.807) is 13.8 Å². The molecule has 0 rings (SSSR count). The monoisotopic (exact) mass is 372 g/mol. The Balaban J connectivity index is -0.0000000299. The molecule has 0 fully saturated rings. The van der Waals surface area contributed by atoms with Gasteiger partial charge in [-0.1, -0.05) is 27.7 Å². The van der Waals surface area contributed by atoms with Crippen LogP contribution in [0, 0.1) is 13.8 Å². The summed E-state index contributed by atoms with van der Waals surface area (Å²) < 4.78 is 8.34. The fourth-order valence-corrected chi connectivity index (χ4v) is 0. The zero-order valence-electron chi connectivity index (χ0n) is 14.5. The standard InChI is InChI=1S/3C3H8O.2C3H7.O.Zr/c1-3(2)4;2*1-2-3-4;2*1-3-2;;/h3-4H,1-2H3;2*4H,2-3H2,1H3;2*1,3H2,2H3;;/q;;;2*-1;;+2. The van der Waals surface area contributed by atoms with Gasteiger partial charge in [-0.05, 0) is 26.7 Å². The van der Waals surface area contributed by atoms with Crippen LogP contribution in [-0.4, -0.2) is 34.6 Å². The quantitative estimate of drug-likeness (QED) is 0.647. The Kier molecular flexibility index (Phi) is 137. The Morgan fingerprint density at radius 1 is 0.850 bits per heavy atom. The molecule has 0 spiro atoms. The van der Waals surface area contributed by atoms with Crippen molar-refractivity contribution in [3.8, 4) is 0 Å². The maximum absolute atomic E-state index is 8.34. The van der Waals surface area contributed by atoms with Gasteiger partial charge in [0.2, 0.25) is 0 Å². The number of hydrogen-bond donors (Lipinski definition) is 3. The summed E-state index contributed by atoms with van der Waals surface area (Å²) >= 11 is 0.300. The number of aliphatic hydroxyl groups excluding tert-OH is 3. The molecule has 0 radical (unpaired) electrons. The summed E-state index contributed by atoms with van der Waals surface area (Å²) in [4.78, 5) is 0. The summed E-state index contributed by atoms with van der Waals surface area (Å²) in [5, 5.41) is 23.8. The molecule has 0 bridgehead atoms. The van der Waals surface area contributed by atoms with Crippen molar-refractivity contribution in [3.05, 3.63) is 13.8 Å². The van der Waals surface area contributed by atoms with Gasteiger partial charge in [0.15, 0.2) is 0 Å². The van der Waals surface area contributed by atoms with E-state index >= 15 is 0 Å². The van der Waals surface area contributed by atoms with Gasteiger partial charge >= 0.3 is 27.5 Å². The molecular weight excluding hydrogens is 335 g/mol. The summed E-state index contributed by atoms with van der Waals surface area (Å²) in [5.74, 6) is 0. The Morgan fingerprint density at radius 3 is 0.900 bits per heavy atom. The van der Waals surface area contributed by atoms with E-state index in [2.05, 4.69) is 13.8 Å². The van der Waals surface area contributed by atoms with E-state index in [1.807, 2.05) is 27.7 Å². The molecule has 5 heteroatoms. The first-order valence-corrected chi connectivity index (χ1v) is 8.08. The van der Waals surface area contributed by atoms with Gasteiger partial charge in [-0.3, -0.25) is 0 Å². The van der Waals surface area contributed by atoms with E-state index in [0.717, 1.165) is 25.7 Å². The van der Waals surface area contributed by atoms with Crippen LogP contribution in [0.2, 0.25) is 0 Å². The van der Waals surface area contributed by atoms with Gasteiger partial charge in [-0.15, -0.1) is 0 Å². The first-order chi connectivity index (χ1) is 9.39. The SMILES string of the molecule is CC(C)O.CCCO.CCCO.[CH2-]CC.[CH2-]CC.[O]=[Zr+2]. The van der Waals surface area contributed by atoms with Gasteiger partial charge in [-0.25, -0.2) is 0 Å². The topological polar surface area (TPSA) is 77.8 Å². The van der Waals surface area contributed by atoms with Crippen molar-refractivity contribution in [1.29, 1.82) is 0 Å². The van der Waals surface area contributed by atoms with Crippen LogP contribution in [0.25, 0.3) is 0 Å². The van der Waals surface area contributed by atoms with Gasteiger partial charge < -0.3 is 29.2 Å². The van der Waals surface area contributed by atoms with Crippen LogP contribution in [0.5, 0.6) is 0 Å². The van der Waals surface area contributed by atoms with Crippen molar-refractivity contribution in [2.45, 2.75) is 73.3 Å². The third kappa shape index (κ3) is 872. The van der Waals surface area contributed by atoms with Crippen LogP contribution in [0.3, 0.4) is 0 Å². The zero-order chi connectivity index (χ0) is 17.8. The van der Waals surface area contributed by atoms with Crippen LogP contribution >= 0.6 is 0 Å². The van der Waals surface area contributed by atoms with E-state index in [4.69, 9.17) is 18.1 Å². The molecule has 0 saturated heterocycles. The van der Waals surface area contributed by atoms with E-state index in [-0.39, 0.29) is 6.10 Å². The van der Waals surface area contributed by atoms with Gasteiger partial charge in [-0.2, -0.15) is 12.8 Å². The van der Waals surface area contributed by atoms with Crippen molar-refractivity contribution in [2.75, 3.05) is 13.2 Å². The van der Waals surface area contributed by atoms with Crippen molar-refractivity contribution in [3.63, 3.8) is 0 Å². The molecule has 0 atom stereocenters. The Bertz CT molecular complexity index is 71.5. The minimum atomic E-state index is -0.167. The fourth-order valence-electron chi connectivity index (χ4n) is 0. The third-order valence-electron chi connectivity index (χ3n) is 0.447. The fraction of sp³-hybridized carbons (Fsp3) is 0.867. The second-order valence-corrected chi connectivity index (χ2v) is 3.54. The van der Waals surface area contributed by atoms with E-state index in [1.165, 1.54) is 0 Å². The van der Waals surface area contributed by atoms with Crippen LogP contribution in [0.15, 0.2) is 0 Å². The second-order valence-electron chi connectivity index (χ2n) is 3.54. The van der Waals surface area contributed by atoms with Gasteiger partial charge in [0.1, 0.15) is 0 Å². The maximum atomic E-state index is 8.34. The Morgan fingerprint density at radius 2 is 0.900 bits per heavy atom. The summed E-state index contributed by atoms with van der Waals surface area (Å²) in [6, 6.07) is 0. The van der Waals surface area contributed by atoms with Crippen molar-refractivity contribution in [1.82, 2.24) is 0 Å². The molecule has 0 amide bonds. The zero-order valence-corrected chi connectivity index (χ0v) is 16.9. The summed E-state index contributed by atoms with van der Waals surface area (Å²) in [7, 11) is 0. The van der Waals surface area contributed by atoms with E-state index < -0.39 is 0 Å². The number of hydrogen-bond acceptors (Lipinski definition) is 4. The molecule has 0 aliphatic carbocycles. The van der Waals surface area contributed by atoms with E-state index in [9.17, 15) is 0 Å². The molecule has 0 unspecified atom stereocenters. The van der Waals surface area contributed by atoms with Gasteiger partial charge in [0.25, 0.3) is 0 Å². The average molecular weight is 374 g/mol. The summed E-state index contributed by atoms with van der Waals surface area (Å²) in [6.07, 6.45) is 3.58. The van der Waals surface area contributed by atoms with Crippen LogP contribution in [-0.2, 0) is 27.5 Å². The Labute approximate surface area is 143 Å². The van der Waals surface area contributed by atoms with Gasteiger partial charge in [0.05, 0.1) is 0 Å². The summed E-state index contributed by atoms with van der Waals surface area (Å²) in [5.41, 5.74) is 0. The van der Waals surface area contributed by atoms with E-state index in [0.29, 0.717) is 37.9 Å². The first kappa shape index (κ1) is 37.1. The van der Waals surface area contributed by atoms with Crippen molar-refractivity contribution < 1.29 is 42.9 Å². The molecule has 126 valence electrons. The molecule has 0 aromatic rings. The Hall–Kier alpha value is 0.563. The molecule has 0 aliphatic rings.